The minimum atomic E-state index is -4.80. The van der Waals surface area contributed by atoms with Crippen LogP contribution in [0.15, 0.2) is 9.85 Å². The van der Waals surface area contributed by atoms with E-state index in [1.807, 2.05) is 6.26 Å². The number of fused-ring (bicyclic) bond motifs is 1. The van der Waals surface area contributed by atoms with Crippen LogP contribution >= 0.6 is 22.2 Å². The van der Waals surface area contributed by atoms with Crippen LogP contribution in [-0.4, -0.2) is 68.6 Å². The molecule has 1 aromatic heterocycles. The summed E-state index contributed by atoms with van der Waals surface area (Å²) in [5, 5.41) is 7.69. The first kappa shape index (κ1) is 19.1. The number of nitrogens with zero attached hydrogens (tertiary/aromatic N) is 4. The summed E-state index contributed by atoms with van der Waals surface area (Å²) in [6.45, 7) is 0.271. The third-order valence-corrected chi connectivity index (χ3v) is 7.48. The van der Waals surface area contributed by atoms with E-state index in [4.69, 9.17) is 0 Å². The molecule has 0 aromatic carbocycles. The first-order valence-corrected chi connectivity index (χ1v) is 10.3. The molecule has 1 aromatic rings. The molecule has 3 heterocycles. The van der Waals surface area contributed by atoms with Gasteiger partial charge in [-0.15, -0.1) is 0 Å². The monoisotopic (exact) mass is 387 g/mol. The van der Waals surface area contributed by atoms with Crippen LogP contribution in [0.2, 0.25) is 0 Å². The molecule has 2 amide bonds. The SMILES string of the molecule is C[s+]1cnnc1SCC(=O)N1CC[C@@H]2[C@H]1C(=O)N2S(=O)(=O)[O-].[Na+]. The second kappa shape index (κ2) is 6.94. The quantitative estimate of drug-likeness (QED) is 0.169. The molecular formula is C10H12N4NaO5S3+. The molecule has 120 valence electrons. The Hall–Kier alpha value is -0.240. The van der Waals surface area contributed by atoms with Gasteiger partial charge >= 0.3 is 33.9 Å². The van der Waals surface area contributed by atoms with Crippen LogP contribution in [0.1, 0.15) is 6.42 Å². The third kappa shape index (κ3) is 3.43. The maximum Gasteiger partial charge on any atom is 1.00 e. The Morgan fingerprint density at radius 3 is 2.83 bits per heavy atom. The van der Waals surface area contributed by atoms with E-state index in [9.17, 15) is 22.6 Å². The number of aryl methyl sites for hydroxylation is 1. The Labute approximate surface area is 161 Å². The zero-order valence-corrected chi connectivity index (χ0v) is 16.9. The van der Waals surface area contributed by atoms with Crippen molar-refractivity contribution in [2.45, 2.75) is 22.8 Å². The summed E-state index contributed by atoms with van der Waals surface area (Å²) in [5.74, 6) is -0.965. The molecular weight excluding hydrogens is 375 g/mol. The standard InChI is InChI=1S/C10H12N4O5S3.Na/c1-21-5-11-12-10(21)20-4-7(15)13-3-2-6-8(13)9(16)14(6)22(17,18)19;/h5-6,8H,2-4H2,1H3;/q;+1/t6-,8+,21?;/m1./s1. The van der Waals surface area contributed by atoms with Crippen LogP contribution in [0.3, 0.4) is 0 Å². The fourth-order valence-electron chi connectivity index (χ4n) is 2.67. The van der Waals surface area contributed by atoms with Crippen molar-refractivity contribution in [3.8, 4) is 0 Å². The number of amides is 2. The average Bonchev–Trinajstić information content (AvgIpc) is 2.98. The summed E-state index contributed by atoms with van der Waals surface area (Å²) in [4.78, 5) is 25.4. The molecule has 2 aliphatic rings. The summed E-state index contributed by atoms with van der Waals surface area (Å²) >= 11 is 1.26. The number of rotatable bonds is 4. The second-order valence-electron chi connectivity index (χ2n) is 4.91. The predicted octanol–water partition coefficient (Wildman–Crippen LogP) is -3.87. The van der Waals surface area contributed by atoms with Crippen LogP contribution in [0.25, 0.3) is 0 Å². The van der Waals surface area contributed by atoms with Gasteiger partial charge in [0.05, 0.1) is 11.8 Å². The van der Waals surface area contributed by atoms with Crippen LogP contribution in [0.4, 0.5) is 0 Å². The molecule has 9 nitrogen and oxygen atoms in total. The Balaban J connectivity index is 0.00000192. The number of thioether (sulfide) groups is 1. The number of β-lactam (4-membered cyclic amide) rings is 1. The molecule has 23 heavy (non-hydrogen) atoms. The molecule has 13 heteroatoms. The molecule has 0 bridgehead atoms. The Morgan fingerprint density at radius 1 is 1.57 bits per heavy atom. The smallest absolute Gasteiger partial charge is 0.731 e. The topological polar surface area (TPSA) is 124 Å². The summed E-state index contributed by atoms with van der Waals surface area (Å²) in [6.07, 6.45) is 2.24. The summed E-state index contributed by atoms with van der Waals surface area (Å²) in [6, 6.07) is -1.53. The molecule has 2 aliphatic heterocycles. The van der Waals surface area contributed by atoms with E-state index in [2.05, 4.69) is 10.2 Å². The van der Waals surface area contributed by atoms with E-state index in [-0.39, 0.29) is 58.2 Å². The number of hydrogen-bond donors (Lipinski definition) is 0. The van der Waals surface area contributed by atoms with E-state index < -0.39 is 28.3 Å². The van der Waals surface area contributed by atoms with E-state index in [0.29, 0.717) is 10.7 Å². The fraction of sp³-hybridized carbons (Fsp3) is 0.600. The molecule has 2 saturated heterocycles. The van der Waals surface area contributed by atoms with Gasteiger partial charge in [0, 0.05) is 17.0 Å². The van der Waals surface area contributed by atoms with Crippen molar-refractivity contribution in [3.05, 3.63) is 5.51 Å². The predicted molar refractivity (Wildman–Crippen MR) is 76.7 cm³/mol. The van der Waals surface area contributed by atoms with Gasteiger partial charge in [0.15, 0.2) is 10.3 Å². The van der Waals surface area contributed by atoms with Crippen LogP contribution in [-0.2, 0) is 26.1 Å². The number of carbonyl (C=O) groups is 2. The average molecular weight is 387 g/mol. The van der Waals surface area contributed by atoms with Gasteiger partial charge in [-0.1, -0.05) is 10.2 Å². The van der Waals surface area contributed by atoms with Crippen molar-refractivity contribution >= 4 is 44.4 Å². The first-order chi connectivity index (χ1) is 10.3. The van der Waals surface area contributed by atoms with E-state index >= 15 is 0 Å². The van der Waals surface area contributed by atoms with Crippen LogP contribution < -0.4 is 29.6 Å². The molecule has 3 rings (SSSR count). The molecule has 0 aliphatic carbocycles. The van der Waals surface area contributed by atoms with Crippen molar-refractivity contribution < 1.29 is 52.1 Å². The zero-order chi connectivity index (χ0) is 16.1. The van der Waals surface area contributed by atoms with Gasteiger partial charge in [-0.25, -0.2) is 12.7 Å². The van der Waals surface area contributed by atoms with Gasteiger partial charge in [0.2, 0.25) is 5.91 Å². The van der Waals surface area contributed by atoms with Gasteiger partial charge in [-0.3, -0.25) is 9.59 Å². The maximum absolute atomic E-state index is 12.2. The fourth-order valence-corrected chi connectivity index (χ4v) is 5.57. The summed E-state index contributed by atoms with van der Waals surface area (Å²) in [5.41, 5.74) is 1.70. The molecule has 0 saturated carbocycles. The van der Waals surface area contributed by atoms with Crippen molar-refractivity contribution in [3.63, 3.8) is 0 Å². The number of carbonyl (C=O) groups excluding carboxylic acids is 2. The van der Waals surface area contributed by atoms with Crippen molar-refractivity contribution in [2.24, 2.45) is 6.26 Å². The number of aromatic nitrogens is 2. The molecule has 0 radical (unpaired) electrons. The van der Waals surface area contributed by atoms with Crippen LogP contribution in [0.5, 0.6) is 0 Å². The van der Waals surface area contributed by atoms with Crippen molar-refractivity contribution in [1.29, 1.82) is 0 Å². The van der Waals surface area contributed by atoms with E-state index in [1.165, 1.54) is 16.7 Å². The zero-order valence-electron chi connectivity index (χ0n) is 12.4. The summed E-state index contributed by atoms with van der Waals surface area (Å²) in [7, 11) is -5.00. The van der Waals surface area contributed by atoms with Gasteiger partial charge in [-0.2, -0.15) is 0 Å². The van der Waals surface area contributed by atoms with Gasteiger partial charge in [0.1, 0.15) is 12.3 Å². The maximum atomic E-state index is 12.2. The molecule has 2 fully saturated rings. The molecule has 0 N–H and O–H groups in total. The molecule has 3 atom stereocenters. The Morgan fingerprint density at radius 2 is 2.26 bits per heavy atom. The van der Waals surface area contributed by atoms with Gasteiger partial charge in [-0.05, 0) is 18.2 Å². The Kier molecular flexibility index (Phi) is 5.76. The van der Waals surface area contributed by atoms with Crippen molar-refractivity contribution in [2.75, 3.05) is 12.3 Å². The Bertz CT molecular complexity index is 739. The van der Waals surface area contributed by atoms with Gasteiger partial charge in [0.25, 0.3) is 11.4 Å². The van der Waals surface area contributed by atoms with E-state index in [0.717, 1.165) is 4.34 Å². The van der Waals surface area contributed by atoms with Gasteiger partial charge < -0.3 is 9.45 Å². The normalized spacial score (nSPS) is 24.1. The minimum absolute atomic E-state index is 0. The number of likely N-dealkylation sites (tertiary alicyclic amines) is 1. The molecule has 0 spiro atoms. The minimum Gasteiger partial charge on any atom is -0.731 e. The number of hydrogen-bond acceptors (Lipinski definition) is 8. The second-order valence-corrected chi connectivity index (χ2v) is 9.10. The third-order valence-electron chi connectivity index (χ3n) is 3.64. The van der Waals surface area contributed by atoms with E-state index in [1.54, 1.807) is 5.51 Å². The molecule has 1 unspecified atom stereocenters. The largest absolute Gasteiger partial charge is 1.00 e. The first-order valence-electron chi connectivity index (χ1n) is 6.28. The van der Waals surface area contributed by atoms with Crippen LogP contribution in [0, 0.1) is 0 Å². The van der Waals surface area contributed by atoms with Crippen molar-refractivity contribution in [1.82, 2.24) is 19.4 Å². The summed E-state index contributed by atoms with van der Waals surface area (Å²) < 4.78 is 34.1.